The molecule has 1 aromatic carbocycles. The van der Waals surface area contributed by atoms with Crippen molar-refractivity contribution in [2.45, 2.75) is 52.3 Å². The van der Waals surface area contributed by atoms with Gasteiger partial charge < -0.3 is 10.1 Å². The van der Waals surface area contributed by atoms with Crippen LogP contribution in [0.4, 0.5) is 10.7 Å². The molecule has 2 rings (SSSR count). The minimum atomic E-state index is -1.19. The summed E-state index contributed by atoms with van der Waals surface area (Å²) in [6.07, 6.45) is 0.864. The van der Waals surface area contributed by atoms with Gasteiger partial charge in [-0.1, -0.05) is 28.1 Å². The minimum absolute atomic E-state index is 0.163. The van der Waals surface area contributed by atoms with Gasteiger partial charge in [0, 0.05) is 4.47 Å². The predicted octanol–water partition coefficient (Wildman–Crippen LogP) is 3.33. The van der Waals surface area contributed by atoms with Crippen molar-refractivity contribution < 1.29 is 14.3 Å². The van der Waals surface area contributed by atoms with Crippen LogP contribution < -0.4 is 10.6 Å². The molecule has 1 aromatic heterocycles. The van der Waals surface area contributed by atoms with Crippen molar-refractivity contribution in [1.29, 1.82) is 0 Å². The summed E-state index contributed by atoms with van der Waals surface area (Å²) in [4.78, 5) is 28.5. The van der Waals surface area contributed by atoms with Gasteiger partial charge in [-0.15, -0.1) is 5.10 Å². The van der Waals surface area contributed by atoms with Crippen molar-refractivity contribution in [2.75, 3.05) is 5.32 Å². The van der Waals surface area contributed by atoms with Gasteiger partial charge in [0.2, 0.25) is 5.95 Å². The minimum Gasteiger partial charge on any atom is -0.444 e. The van der Waals surface area contributed by atoms with Gasteiger partial charge in [0.15, 0.2) is 0 Å². The van der Waals surface area contributed by atoms with Crippen LogP contribution in [0.25, 0.3) is 0 Å². The number of amides is 2. The summed E-state index contributed by atoms with van der Waals surface area (Å²) in [7, 11) is 0. The molecule has 8 nitrogen and oxygen atoms in total. The lowest BCUT2D eigenvalue weighted by Gasteiger charge is -2.27. The monoisotopic (exact) mass is 437 g/mol. The van der Waals surface area contributed by atoms with Crippen molar-refractivity contribution in [1.82, 2.24) is 20.1 Å². The van der Waals surface area contributed by atoms with Crippen LogP contribution in [0.1, 0.15) is 40.2 Å². The van der Waals surface area contributed by atoms with E-state index < -0.39 is 23.1 Å². The Balaban J connectivity index is 1.95. The van der Waals surface area contributed by atoms with Gasteiger partial charge in [-0.05, 0) is 52.3 Å². The van der Waals surface area contributed by atoms with Gasteiger partial charge in [-0.3, -0.25) is 10.1 Å². The molecule has 0 fully saturated rings. The number of hydrogen-bond acceptors (Lipinski definition) is 5. The summed E-state index contributed by atoms with van der Waals surface area (Å²) < 4.78 is 7.80. The topological polar surface area (TPSA) is 98.1 Å². The van der Waals surface area contributed by atoms with E-state index in [1.165, 1.54) is 6.33 Å². The second-order valence-corrected chi connectivity index (χ2v) is 8.51. The maximum atomic E-state index is 12.5. The Kier molecular flexibility index (Phi) is 6.25. The molecule has 0 saturated heterocycles. The number of alkyl carbamates (subject to hydrolysis) is 1. The predicted molar refractivity (Wildman–Crippen MR) is 105 cm³/mol. The number of benzene rings is 1. The lowest BCUT2D eigenvalue weighted by atomic mass is 10.1. The third kappa shape index (κ3) is 6.67. The number of carbonyl (C=O) groups is 2. The first-order chi connectivity index (χ1) is 12.4. The lowest BCUT2D eigenvalue weighted by Crippen LogP contribution is -2.53. The fourth-order valence-electron chi connectivity index (χ4n) is 2.08. The fraction of sp³-hybridized carbons (Fsp3) is 0.444. The quantitative estimate of drug-likeness (QED) is 0.747. The molecule has 2 N–H and O–H groups in total. The van der Waals surface area contributed by atoms with E-state index in [9.17, 15) is 9.59 Å². The molecule has 0 aliphatic heterocycles. The molecule has 2 aromatic rings. The van der Waals surface area contributed by atoms with Crippen LogP contribution in [-0.4, -0.2) is 37.9 Å². The Morgan fingerprint density at radius 3 is 2.37 bits per heavy atom. The molecule has 2 amide bonds. The number of carbonyl (C=O) groups excluding carboxylic acids is 2. The molecule has 0 bridgehead atoms. The van der Waals surface area contributed by atoms with Gasteiger partial charge in [0.25, 0.3) is 5.91 Å². The molecular weight excluding hydrogens is 414 g/mol. The first kappa shape index (κ1) is 20.9. The van der Waals surface area contributed by atoms with Gasteiger partial charge in [-0.2, -0.15) is 0 Å². The Morgan fingerprint density at radius 1 is 1.15 bits per heavy atom. The van der Waals surface area contributed by atoms with Crippen LogP contribution in [0.5, 0.6) is 0 Å². The van der Waals surface area contributed by atoms with E-state index in [-0.39, 0.29) is 5.95 Å². The van der Waals surface area contributed by atoms with Crippen LogP contribution in [0, 0.1) is 0 Å². The normalized spacial score (nSPS) is 11.8. The highest BCUT2D eigenvalue weighted by atomic mass is 79.9. The highest BCUT2D eigenvalue weighted by Gasteiger charge is 2.32. The molecule has 0 aliphatic carbocycles. The molecule has 146 valence electrons. The third-order valence-corrected chi connectivity index (χ3v) is 3.93. The van der Waals surface area contributed by atoms with Crippen molar-refractivity contribution >= 4 is 33.9 Å². The van der Waals surface area contributed by atoms with E-state index >= 15 is 0 Å². The SMILES string of the molecule is CC(C)(C)OC(=O)NC(C)(C)C(=O)Nc1ncn(Cc2ccc(Br)cc2)n1. The first-order valence-electron chi connectivity index (χ1n) is 8.41. The van der Waals surface area contributed by atoms with Gasteiger partial charge in [-0.25, -0.2) is 14.5 Å². The second kappa shape index (κ2) is 8.08. The molecule has 0 aliphatic rings. The molecule has 0 unspecified atom stereocenters. The number of rotatable bonds is 5. The van der Waals surface area contributed by atoms with Crippen LogP contribution in [0.3, 0.4) is 0 Å². The van der Waals surface area contributed by atoms with Crippen LogP contribution in [0.2, 0.25) is 0 Å². The van der Waals surface area contributed by atoms with Crippen LogP contribution >= 0.6 is 15.9 Å². The molecule has 27 heavy (non-hydrogen) atoms. The number of hydrogen-bond donors (Lipinski definition) is 2. The third-order valence-electron chi connectivity index (χ3n) is 3.40. The Bertz CT molecular complexity index is 809. The van der Waals surface area contributed by atoms with E-state index in [1.807, 2.05) is 24.3 Å². The van der Waals surface area contributed by atoms with Crippen LogP contribution in [-0.2, 0) is 16.1 Å². The van der Waals surface area contributed by atoms with E-state index in [0.717, 1.165) is 10.0 Å². The average molecular weight is 438 g/mol. The van der Waals surface area contributed by atoms with Gasteiger partial charge >= 0.3 is 6.09 Å². The summed E-state index contributed by atoms with van der Waals surface area (Å²) in [5, 5.41) is 9.39. The second-order valence-electron chi connectivity index (χ2n) is 7.60. The lowest BCUT2D eigenvalue weighted by molar-refractivity contribution is -0.121. The maximum absolute atomic E-state index is 12.5. The van der Waals surface area contributed by atoms with Crippen molar-refractivity contribution in [3.8, 4) is 0 Å². The summed E-state index contributed by atoms with van der Waals surface area (Å²) in [6.45, 7) is 8.93. The molecule has 0 radical (unpaired) electrons. The highest BCUT2D eigenvalue weighted by Crippen LogP contribution is 2.13. The molecule has 0 atom stereocenters. The molecule has 0 spiro atoms. The van der Waals surface area contributed by atoms with E-state index in [0.29, 0.717) is 6.54 Å². The average Bonchev–Trinajstić information content (AvgIpc) is 2.94. The van der Waals surface area contributed by atoms with Crippen molar-refractivity contribution in [2.24, 2.45) is 0 Å². The number of aromatic nitrogens is 3. The summed E-state index contributed by atoms with van der Waals surface area (Å²) in [6, 6.07) is 7.83. The van der Waals surface area contributed by atoms with Gasteiger partial charge in [0.05, 0.1) is 6.54 Å². The number of halogens is 1. The summed E-state index contributed by atoms with van der Waals surface area (Å²) in [5.41, 5.74) is -0.795. The fourth-order valence-corrected chi connectivity index (χ4v) is 2.34. The van der Waals surface area contributed by atoms with E-state index in [1.54, 1.807) is 39.3 Å². The Morgan fingerprint density at radius 2 is 1.78 bits per heavy atom. The number of nitrogens with one attached hydrogen (secondary N) is 2. The zero-order chi connectivity index (χ0) is 20.2. The Hall–Kier alpha value is -2.42. The maximum Gasteiger partial charge on any atom is 0.408 e. The molecule has 9 heteroatoms. The largest absolute Gasteiger partial charge is 0.444 e. The number of anilines is 1. The van der Waals surface area contributed by atoms with Gasteiger partial charge in [0.1, 0.15) is 17.5 Å². The molecular formula is C18H24BrN5O3. The number of nitrogens with zero attached hydrogens (tertiary/aromatic N) is 3. The zero-order valence-electron chi connectivity index (χ0n) is 16.0. The van der Waals surface area contributed by atoms with Crippen LogP contribution in [0.15, 0.2) is 35.1 Å². The molecule has 0 saturated carbocycles. The zero-order valence-corrected chi connectivity index (χ0v) is 17.6. The standard InChI is InChI=1S/C18H24BrN5O3/c1-17(2,3)27-16(26)22-18(4,5)14(25)21-15-20-11-24(23-15)10-12-6-8-13(19)9-7-12/h6-9,11H,10H2,1-5H3,(H,22,26)(H,21,23,25). The summed E-state index contributed by atoms with van der Waals surface area (Å²) in [5.74, 6) is -0.286. The first-order valence-corrected chi connectivity index (χ1v) is 9.20. The number of ether oxygens (including phenoxy) is 1. The summed E-state index contributed by atoms with van der Waals surface area (Å²) >= 11 is 3.39. The smallest absolute Gasteiger partial charge is 0.408 e. The van der Waals surface area contributed by atoms with E-state index in [4.69, 9.17) is 4.74 Å². The van der Waals surface area contributed by atoms with Crippen molar-refractivity contribution in [3.05, 3.63) is 40.6 Å². The van der Waals surface area contributed by atoms with E-state index in [2.05, 4.69) is 36.6 Å². The Labute approximate surface area is 166 Å². The highest BCUT2D eigenvalue weighted by molar-refractivity contribution is 9.10. The molecule has 1 heterocycles. The van der Waals surface area contributed by atoms with Crippen molar-refractivity contribution in [3.63, 3.8) is 0 Å².